The number of rotatable bonds is 2. The molecule has 1 unspecified atom stereocenters. The van der Waals surface area contributed by atoms with Crippen LogP contribution in [0.3, 0.4) is 0 Å². The molecule has 2 aliphatic rings. The first-order valence-corrected chi connectivity index (χ1v) is 7.57. The van der Waals surface area contributed by atoms with E-state index in [9.17, 15) is 9.90 Å². The Morgan fingerprint density at radius 2 is 2.14 bits per heavy atom. The average Bonchev–Trinajstić information content (AvgIpc) is 2.80. The fourth-order valence-corrected chi connectivity index (χ4v) is 2.64. The fourth-order valence-electron chi connectivity index (χ4n) is 2.64. The maximum Gasteiger partial charge on any atom is 0.274 e. The Bertz CT molecular complexity index is 521. The van der Waals surface area contributed by atoms with Gasteiger partial charge in [-0.25, -0.2) is 4.98 Å². The lowest BCUT2D eigenvalue weighted by Crippen LogP contribution is -2.41. The van der Waals surface area contributed by atoms with Crippen LogP contribution in [0, 0.1) is 0 Å². The van der Waals surface area contributed by atoms with Crippen molar-refractivity contribution in [3.63, 3.8) is 0 Å². The number of carbonyl (C=O) groups excluding carboxylic acids is 1. The molecule has 2 N–H and O–H groups in total. The molecule has 1 atom stereocenters. The van der Waals surface area contributed by atoms with Crippen molar-refractivity contribution in [1.29, 1.82) is 0 Å². The van der Waals surface area contributed by atoms with Crippen LogP contribution in [-0.2, 0) is 4.74 Å². The lowest BCUT2D eigenvalue weighted by Gasteiger charge is -2.27. The summed E-state index contributed by atoms with van der Waals surface area (Å²) in [6, 6.07) is 0. The van der Waals surface area contributed by atoms with E-state index in [0.717, 1.165) is 13.1 Å². The lowest BCUT2D eigenvalue weighted by molar-refractivity contribution is 0.0299. The van der Waals surface area contributed by atoms with Gasteiger partial charge >= 0.3 is 0 Å². The van der Waals surface area contributed by atoms with Gasteiger partial charge in [-0.15, -0.1) is 0 Å². The van der Waals surface area contributed by atoms with Crippen molar-refractivity contribution in [3.8, 4) is 0 Å². The maximum atomic E-state index is 12.5. The number of aliphatic hydroxyl groups excluding tert-OH is 1. The summed E-state index contributed by atoms with van der Waals surface area (Å²) in [6.45, 7) is 4.81. The van der Waals surface area contributed by atoms with Crippen molar-refractivity contribution in [2.45, 2.75) is 6.10 Å². The van der Waals surface area contributed by atoms with Crippen LogP contribution < -0.4 is 10.2 Å². The first-order chi connectivity index (χ1) is 10.7. The number of ether oxygens (including phenoxy) is 1. The molecule has 8 nitrogen and oxygen atoms in total. The molecule has 1 amide bonds. The molecule has 0 saturated carbocycles. The fraction of sp³-hybridized carbons (Fsp3) is 0.643. The van der Waals surface area contributed by atoms with E-state index in [4.69, 9.17) is 4.74 Å². The number of hydrogen-bond donors (Lipinski definition) is 2. The van der Waals surface area contributed by atoms with Crippen molar-refractivity contribution in [2.24, 2.45) is 0 Å². The highest BCUT2D eigenvalue weighted by Gasteiger charge is 2.22. The minimum Gasteiger partial charge on any atom is -0.390 e. The van der Waals surface area contributed by atoms with Gasteiger partial charge in [0, 0.05) is 39.3 Å². The number of anilines is 1. The summed E-state index contributed by atoms with van der Waals surface area (Å²) in [6.07, 6.45) is 2.67. The second kappa shape index (κ2) is 6.99. The van der Waals surface area contributed by atoms with Crippen LogP contribution in [0.2, 0.25) is 0 Å². The zero-order chi connectivity index (χ0) is 15.4. The molecular weight excluding hydrogens is 286 g/mol. The molecule has 1 aromatic rings. The zero-order valence-electron chi connectivity index (χ0n) is 12.4. The second-order valence-corrected chi connectivity index (χ2v) is 5.47. The number of amides is 1. The van der Waals surface area contributed by atoms with Crippen molar-refractivity contribution < 1.29 is 14.6 Å². The summed E-state index contributed by atoms with van der Waals surface area (Å²) in [7, 11) is 0. The number of aliphatic hydroxyl groups is 1. The Morgan fingerprint density at radius 3 is 2.95 bits per heavy atom. The van der Waals surface area contributed by atoms with Crippen molar-refractivity contribution in [3.05, 3.63) is 18.1 Å². The summed E-state index contributed by atoms with van der Waals surface area (Å²) < 4.78 is 5.26. The summed E-state index contributed by atoms with van der Waals surface area (Å²) in [5, 5.41) is 13.0. The molecule has 120 valence electrons. The second-order valence-electron chi connectivity index (χ2n) is 5.47. The standard InChI is InChI=1S/C14H21N5O3/c20-11-7-15-1-2-19(10-11)13-9-16-8-12(17-13)14(21)18-3-5-22-6-4-18/h8-9,11,15,20H,1-7,10H2. The molecule has 1 aromatic heterocycles. The maximum absolute atomic E-state index is 12.5. The Labute approximate surface area is 129 Å². The highest BCUT2D eigenvalue weighted by atomic mass is 16.5. The summed E-state index contributed by atoms with van der Waals surface area (Å²) in [4.78, 5) is 24.7. The van der Waals surface area contributed by atoms with Gasteiger partial charge in [0.1, 0.15) is 11.5 Å². The number of carbonyl (C=O) groups is 1. The molecule has 2 aliphatic heterocycles. The lowest BCUT2D eigenvalue weighted by atomic mass is 10.3. The van der Waals surface area contributed by atoms with E-state index >= 15 is 0 Å². The normalized spacial score (nSPS) is 23.2. The van der Waals surface area contributed by atoms with Gasteiger partial charge in [-0.05, 0) is 0 Å². The average molecular weight is 307 g/mol. The Kier molecular flexibility index (Phi) is 4.81. The number of β-amino-alcohol motifs (C(OH)–C–C–N with tert-alkyl or cyclic N) is 1. The minimum atomic E-state index is -0.456. The summed E-state index contributed by atoms with van der Waals surface area (Å²) in [5.74, 6) is 0.507. The molecule has 0 aromatic carbocycles. The minimum absolute atomic E-state index is 0.119. The molecule has 2 saturated heterocycles. The third-order valence-corrected chi connectivity index (χ3v) is 3.83. The first kappa shape index (κ1) is 15.1. The molecule has 0 radical (unpaired) electrons. The number of nitrogens with zero attached hydrogens (tertiary/aromatic N) is 4. The Hall–Kier alpha value is -1.77. The molecule has 0 spiro atoms. The highest BCUT2D eigenvalue weighted by Crippen LogP contribution is 2.13. The van der Waals surface area contributed by atoms with E-state index in [2.05, 4.69) is 15.3 Å². The number of morpholine rings is 1. The van der Waals surface area contributed by atoms with Crippen LogP contribution in [0.4, 0.5) is 5.82 Å². The van der Waals surface area contributed by atoms with E-state index in [1.807, 2.05) is 4.90 Å². The molecule has 22 heavy (non-hydrogen) atoms. The van der Waals surface area contributed by atoms with E-state index in [-0.39, 0.29) is 5.91 Å². The van der Waals surface area contributed by atoms with Crippen LogP contribution >= 0.6 is 0 Å². The monoisotopic (exact) mass is 307 g/mol. The predicted octanol–water partition coefficient (Wildman–Crippen LogP) is -1.28. The van der Waals surface area contributed by atoms with Gasteiger partial charge in [-0.2, -0.15) is 0 Å². The van der Waals surface area contributed by atoms with Crippen molar-refractivity contribution in [1.82, 2.24) is 20.2 Å². The molecule has 0 bridgehead atoms. The van der Waals surface area contributed by atoms with Crippen molar-refractivity contribution >= 4 is 11.7 Å². The predicted molar refractivity (Wildman–Crippen MR) is 79.8 cm³/mol. The van der Waals surface area contributed by atoms with Crippen LogP contribution in [0.15, 0.2) is 12.4 Å². The SMILES string of the molecule is O=C(c1cncc(N2CCNCC(O)C2)n1)N1CCOCC1. The molecule has 3 heterocycles. The highest BCUT2D eigenvalue weighted by molar-refractivity contribution is 5.92. The van der Waals surface area contributed by atoms with Crippen molar-refractivity contribution in [2.75, 3.05) is 57.4 Å². The first-order valence-electron chi connectivity index (χ1n) is 7.57. The molecule has 8 heteroatoms. The van der Waals surface area contributed by atoms with Crippen LogP contribution in [0.25, 0.3) is 0 Å². The molecule has 3 rings (SSSR count). The van der Waals surface area contributed by atoms with Crippen LogP contribution in [-0.4, -0.2) is 84.5 Å². The smallest absolute Gasteiger partial charge is 0.274 e. The van der Waals surface area contributed by atoms with Crippen LogP contribution in [0.1, 0.15) is 10.5 Å². The number of aromatic nitrogens is 2. The number of hydrogen-bond acceptors (Lipinski definition) is 7. The summed E-state index contributed by atoms with van der Waals surface area (Å²) in [5.41, 5.74) is 0.339. The summed E-state index contributed by atoms with van der Waals surface area (Å²) >= 11 is 0. The zero-order valence-corrected chi connectivity index (χ0v) is 12.4. The topological polar surface area (TPSA) is 90.8 Å². The third kappa shape index (κ3) is 3.52. The molecule has 0 aliphatic carbocycles. The van der Waals surface area contributed by atoms with E-state index in [0.29, 0.717) is 50.9 Å². The van der Waals surface area contributed by atoms with Gasteiger partial charge < -0.3 is 25.0 Å². The van der Waals surface area contributed by atoms with Gasteiger partial charge in [0.25, 0.3) is 5.91 Å². The van der Waals surface area contributed by atoms with Gasteiger partial charge in [0.15, 0.2) is 0 Å². The van der Waals surface area contributed by atoms with Gasteiger partial charge in [0.2, 0.25) is 0 Å². The molecule has 2 fully saturated rings. The largest absolute Gasteiger partial charge is 0.390 e. The van der Waals surface area contributed by atoms with Gasteiger partial charge in [-0.3, -0.25) is 9.78 Å². The molecular formula is C14H21N5O3. The van der Waals surface area contributed by atoms with E-state index < -0.39 is 6.10 Å². The van der Waals surface area contributed by atoms with Gasteiger partial charge in [0.05, 0.1) is 31.7 Å². The van der Waals surface area contributed by atoms with E-state index in [1.165, 1.54) is 6.20 Å². The van der Waals surface area contributed by atoms with E-state index in [1.54, 1.807) is 11.1 Å². The quantitative estimate of drug-likeness (QED) is 0.703. The van der Waals surface area contributed by atoms with Crippen LogP contribution in [0.5, 0.6) is 0 Å². The van der Waals surface area contributed by atoms with Gasteiger partial charge in [-0.1, -0.05) is 0 Å². The Balaban J connectivity index is 1.75. The third-order valence-electron chi connectivity index (χ3n) is 3.83. The Morgan fingerprint density at radius 1 is 1.32 bits per heavy atom. The number of nitrogens with one attached hydrogen (secondary N) is 1.